The Kier molecular flexibility index (Phi) is 5.52. The second-order valence-electron chi connectivity index (χ2n) is 4.22. The van der Waals surface area contributed by atoms with E-state index in [1.807, 2.05) is 24.3 Å². The van der Waals surface area contributed by atoms with E-state index in [1.54, 1.807) is 25.3 Å². The normalized spacial score (nSPS) is 10.2. The SMILES string of the molecule is COc1ccc(NC(=O)CSc2ccccc2Br)c(N)c1. The third-order valence-corrected chi connectivity index (χ3v) is 4.76. The number of thioether (sulfide) groups is 1. The first-order valence-corrected chi connectivity index (χ1v) is 7.98. The fourth-order valence-corrected chi connectivity index (χ4v) is 3.04. The maximum absolute atomic E-state index is 12.0. The van der Waals surface area contributed by atoms with Gasteiger partial charge >= 0.3 is 0 Å². The van der Waals surface area contributed by atoms with Gasteiger partial charge in [-0.25, -0.2) is 0 Å². The minimum Gasteiger partial charge on any atom is -0.497 e. The highest BCUT2D eigenvalue weighted by molar-refractivity contribution is 9.10. The standard InChI is InChI=1S/C15H15BrN2O2S/c1-20-10-6-7-13(12(17)8-10)18-15(19)9-21-14-5-3-2-4-11(14)16/h2-8H,9,17H2,1H3,(H,18,19). The van der Waals surface area contributed by atoms with Crippen LogP contribution in [0.25, 0.3) is 0 Å². The molecule has 110 valence electrons. The summed E-state index contributed by atoms with van der Waals surface area (Å²) in [6, 6.07) is 12.9. The molecule has 0 aliphatic carbocycles. The molecule has 0 spiro atoms. The fourth-order valence-electron chi connectivity index (χ4n) is 1.67. The lowest BCUT2D eigenvalue weighted by Gasteiger charge is -2.10. The first kappa shape index (κ1) is 15.7. The summed E-state index contributed by atoms with van der Waals surface area (Å²) in [5.74, 6) is 0.870. The number of hydrogen-bond donors (Lipinski definition) is 2. The van der Waals surface area contributed by atoms with Crippen LogP contribution in [0.4, 0.5) is 11.4 Å². The Labute approximate surface area is 136 Å². The van der Waals surface area contributed by atoms with Gasteiger partial charge in [0.05, 0.1) is 24.2 Å². The molecule has 6 heteroatoms. The van der Waals surface area contributed by atoms with Gasteiger partial charge in [0.2, 0.25) is 5.91 Å². The highest BCUT2D eigenvalue weighted by atomic mass is 79.9. The predicted molar refractivity (Wildman–Crippen MR) is 90.9 cm³/mol. The molecule has 4 nitrogen and oxygen atoms in total. The Hall–Kier alpha value is -1.66. The van der Waals surface area contributed by atoms with Crippen molar-refractivity contribution in [2.24, 2.45) is 0 Å². The van der Waals surface area contributed by atoms with Crippen LogP contribution in [0.1, 0.15) is 0 Å². The van der Waals surface area contributed by atoms with Crippen molar-refractivity contribution in [1.82, 2.24) is 0 Å². The van der Waals surface area contributed by atoms with Gasteiger partial charge in [0.15, 0.2) is 0 Å². The van der Waals surface area contributed by atoms with Crippen LogP contribution < -0.4 is 15.8 Å². The first-order valence-electron chi connectivity index (χ1n) is 6.21. The Morgan fingerprint density at radius 1 is 1.33 bits per heavy atom. The van der Waals surface area contributed by atoms with E-state index in [0.717, 1.165) is 9.37 Å². The highest BCUT2D eigenvalue weighted by Crippen LogP contribution is 2.28. The number of methoxy groups -OCH3 is 1. The summed E-state index contributed by atoms with van der Waals surface area (Å²) >= 11 is 4.92. The molecule has 0 atom stereocenters. The molecular weight excluding hydrogens is 352 g/mol. The molecule has 0 bridgehead atoms. The number of benzene rings is 2. The summed E-state index contributed by atoms with van der Waals surface area (Å²) in [4.78, 5) is 13.0. The summed E-state index contributed by atoms with van der Waals surface area (Å²) in [5.41, 5.74) is 6.94. The van der Waals surface area contributed by atoms with Gasteiger partial charge in [0.1, 0.15) is 5.75 Å². The third kappa shape index (κ3) is 4.41. The summed E-state index contributed by atoms with van der Waals surface area (Å²) in [6.07, 6.45) is 0. The Morgan fingerprint density at radius 3 is 2.76 bits per heavy atom. The molecule has 0 saturated heterocycles. The van der Waals surface area contributed by atoms with E-state index >= 15 is 0 Å². The minimum absolute atomic E-state index is 0.104. The van der Waals surface area contributed by atoms with Gasteiger partial charge in [-0.3, -0.25) is 4.79 Å². The molecular formula is C15H15BrN2O2S. The zero-order valence-corrected chi connectivity index (χ0v) is 13.8. The highest BCUT2D eigenvalue weighted by Gasteiger charge is 2.08. The zero-order chi connectivity index (χ0) is 15.2. The van der Waals surface area contributed by atoms with Gasteiger partial charge in [0, 0.05) is 15.4 Å². The van der Waals surface area contributed by atoms with Crippen LogP contribution in [0.2, 0.25) is 0 Å². The van der Waals surface area contributed by atoms with Crippen molar-refractivity contribution in [3.05, 3.63) is 46.9 Å². The molecule has 2 aromatic rings. The average Bonchev–Trinajstić information content (AvgIpc) is 2.48. The lowest BCUT2D eigenvalue weighted by Crippen LogP contribution is -2.15. The van der Waals surface area contributed by atoms with Gasteiger partial charge in [0.25, 0.3) is 0 Å². The number of ether oxygens (including phenoxy) is 1. The van der Waals surface area contributed by atoms with E-state index in [2.05, 4.69) is 21.2 Å². The largest absolute Gasteiger partial charge is 0.497 e. The lowest BCUT2D eigenvalue weighted by atomic mass is 10.2. The summed E-state index contributed by atoms with van der Waals surface area (Å²) in [7, 11) is 1.57. The van der Waals surface area contributed by atoms with E-state index in [1.165, 1.54) is 11.8 Å². The van der Waals surface area contributed by atoms with Gasteiger partial charge in [-0.2, -0.15) is 0 Å². The van der Waals surface area contributed by atoms with Crippen LogP contribution in [-0.2, 0) is 4.79 Å². The van der Waals surface area contributed by atoms with Crippen molar-refractivity contribution in [1.29, 1.82) is 0 Å². The summed E-state index contributed by atoms with van der Waals surface area (Å²) < 4.78 is 6.05. The smallest absolute Gasteiger partial charge is 0.234 e. The molecule has 3 N–H and O–H groups in total. The number of nitrogen functional groups attached to an aromatic ring is 1. The monoisotopic (exact) mass is 366 g/mol. The zero-order valence-electron chi connectivity index (χ0n) is 11.4. The van der Waals surface area contributed by atoms with Crippen LogP contribution in [0.15, 0.2) is 51.8 Å². The van der Waals surface area contributed by atoms with Crippen molar-refractivity contribution in [3.8, 4) is 5.75 Å². The number of anilines is 2. The molecule has 21 heavy (non-hydrogen) atoms. The number of hydrogen-bond acceptors (Lipinski definition) is 4. The van der Waals surface area contributed by atoms with E-state index in [9.17, 15) is 4.79 Å². The molecule has 0 fully saturated rings. The van der Waals surface area contributed by atoms with Crippen LogP contribution in [0, 0.1) is 0 Å². The number of nitrogens with two attached hydrogens (primary N) is 1. The van der Waals surface area contributed by atoms with Crippen molar-refractivity contribution in [2.75, 3.05) is 23.9 Å². The summed E-state index contributed by atoms with van der Waals surface area (Å²) in [5, 5.41) is 2.80. The van der Waals surface area contributed by atoms with Gasteiger partial charge in [-0.1, -0.05) is 12.1 Å². The maximum Gasteiger partial charge on any atom is 0.234 e. The molecule has 0 aliphatic heterocycles. The number of nitrogens with one attached hydrogen (secondary N) is 1. The Balaban J connectivity index is 1.95. The molecule has 2 rings (SSSR count). The maximum atomic E-state index is 12.0. The lowest BCUT2D eigenvalue weighted by molar-refractivity contribution is -0.113. The molecule has 1 amide bonds. The predicted octanol–water partition coefficient (Wildman–Crippen LogP) is 3.77. The van der Waals surface area contributed by atoms with Crippen molar-refractivity contribution in [2.45, 2.75) is 4.90 Å². The quantitative estimate of drug-likeness (QED) is 0.624. The van der Waals surface area contributed by atoms with Crippen LogP contribution in [-0.4, -0.2) is 18.8 Å². The van der Waals surface area contributed by atoms with E-state index in [0.29, 0.717) is 22.9 Å². The number of halogens is 1. The molecule has 2 aromatic carbocycles. The average molecular weight is 367 g/mol. The van der Waals surface area contributed by atoms with Gasteiger partial charge in [-0.15, -0.1) is 11.8 Å². The van der Waals surface area contributed by atoms with E-state index in [4.69, 9.17) is 10.5 Å². The number of amides is 1. The topological polar surface area (TPSA) is 64.3 Å². The molecule has 0 radical (unpaired) electrons. The van der Waals surface area contributed by atoms with E-state index in [-0.39, 0.29) is 5.91 Å². The number of rotatable bonds is 5. The second-order valence-corrected chi connectivity index (χ2v) is 6.09. The second kappa shape index (κ2) is 7.38. The Morgan fingerprint density at radius 2 is 2.10 bits per heavy atom. The van der Waals surface area contributed by atoms with Crippen molar-refractivity contribution < 1.29 is 9.53 Å². The van der Waals surface area contributed by atoms with E-state index < -0.39 is 0 Å². The van der Waals surface area contributed by atoms with Crippen LogP contribution >= 0.6 is 27.7 Å². The van der Waals surface area contributed by atoms with Gasteiger partial charge < -0.3 is 15.8 Å². The van der Waals surface area contributed by atoms with Crippen molar-refractivity contribution in [3.63, 3.8) is 0 Å². The summed E-state index contributed by atoms with van der Waals surface area (Å²) in [6.45, 7) is 0. The minimum atomic E-state index is -0.104. The Bertz CT molecular complexity index is 649. The molecule has 0 aliphatic rings. The third-order valence-electron chi connectivity index (χ3n) is 2.73. The number of carbonyl (C=O) groups excluding carboxylic acids is 1. The molecule has 0 aromatic heterocycles. The molecule has 0 unspecified atom stereocenters. The van der Waals surface area contributed by atoms with Crippen molar-refractivity contribution >= 4 is 45.0 Å². The number of carbonyl (C=O) groups is 1. The molecule has 0 heterocycles. The molecule has 0 saturated carbocycles. The van der Waals surface area contributed by atoms with Gasteiger partial charge in [-0.05, 0) is 40.2 Å². The first-order chi connectivity index (χ1) is 10.1. The van der Waals surface area contributed by atoms with Crippen LogP contribution in [0.3, 0.4) is 0 Å². The van der Waals surface area contributed by atoms with Crippen LogP contribution in [0.5, 0.6) is 5.75 Å². The fraction of sp³-hybridized carbons (Fsp3) is 0.133.